The standard InChI is InChI=1S/C15H18ClN3O/c1-9-6-10(16)7-11-12(3-5-18-15(9)11)19-13-2-4-17-8-14(13)20/h3,5-7,13-14,17,20H,2,4,8H2,1H3,(H,18,19)/t13-,14-/m1/s1. The van der Waals surface area contributed by atoms with E-state index in [1.54, 1.807) is 6.20 Å². The Hall–Kier alpha value is -1.36. The maximum atomic E-state index is 10.0. The summed E-state index contributed by atoms with van der Waals surface area (Å²) >= 11 is 6.15. The van der Waals surface area contributed by atoms with Crippen LogP contribution in [0.15, 0.2) is 24.4 Å². The summed E-state index contributed by atoms with van der Waals surface area (Å²) in [5.74, 6) is 0. The molecule has 5 heteroatoms. The van der Waals surface area contributed by atoms with E-state index < -0.39 is 0 Å². The van der Waals surface area contributed by atoms with Crippen molar-refractivity contribution >= 4 is 28.2 Å². The van der Waals surface area contributed by atoms with Crippen LogP contribution >= 0.6 is 11.6 Å². The highest BCUT2D eigenvalue weighted by Gasteiger charge is 2.23. The van der Waals surface area contributed by atoms with Crippen molar-refractivity contribution in [2.24, 2.45) is 0 Å². The van der Waals surface area contributed by atoms with Crippen molar-refractivity contribution in [3.05, 3.63) is 35.0 Å². The molecule has 0 bridgehead atoms. The van der Waals surface area contributed by atoms with Crippen molar-refractivity contribution in [1.29, 1.82) is 0 Å². The third kappa shape index (κ3) is 2.59. The van der Waals surface area contributed by atoms with Gasteiger partial charge in [-0.05, 0) is 43.7 Å². The Morgan fingerprint density at radius 2 is 2.30 bits per heavy atom. The number of nitrogens with one attached hydrogen (secondary N) is 2. The number of pyridine rings is 1. The second-order valence-electron chi connectivity index (χ2n) is 5.29. The number of hydrogen-bond acceptors (Lipinski definition) is 4. The summed E-state index contributed by atoms with van der Waals surface area (Å²) in [5.41, 5.74) is 2.98. The largest absolute Gasteiger partial charge is 0.390 e. The predicted octanol–water partition coefficient (Wildman–Crippen LogP) is 2.33. The number of rotatable bonds is 2. The van der Waals surface area contributed by atoms with Crippen LogP contribution in [-0.2, 0) is 0 Å². The van der Waals surface area contributed by atoms with E-state index in [-0.39, 0.29) is 12.1 Å². The number of piperidine rings is 1. The van der Waals surface area contributed by atoms with Crippen molar-refractivity contribution in [3.8, 4) is 0 Å². The summed E-state index contributed by atoms with van der Waals surface area (Å²) in [4.78, 5) is 4.42. The van der Waals surface area contributed by atoms with Crippen molar-refractivity contribution in [1.82, 2.24) is 10.3 Å². The van der Waals surface area contributed by atoms with Crippen LogP contribution in [0, 0.1) is 6.92 Å². The van der Waals surface area contributed by atoms with E-state index in [1.807, 2.05) is 25.1 Å². The Balaban J connectivity index is 1.99. The number of hydrogen-bond donors (Lipinski definition) is 3. The highest BCUT2D eigenvalue weighted by Crippen LogP contribution is 2.28. The fourth-order valence-corrected chi connectivity index (χ4v) is 3.00. The number of halogens is 1. The molecular weight excluding hydrogens is 274 g/mol. The lowest BCUT2D eigenvalue weighted by Gasteiger charge is -2.30. The first-order chi connectivity index (χ1) is 9.65. The van der Waals surface area contributed by atoms with Crippen LogP contribution in [0.5, 0.6) is 0 Å². The van der Waals surface area contributed by atoms with Crippen LogP contribution in [0.4, 0.5) is 5.69 Å². The molecule has 1 aromatic heterocycles. The SMILES string of the molecule is Cc1cc(Cl)cc2c(N[C@@H]3CCNC[C@H]3O)ccnc12. The van der Waals surface area contributed by atoms with Crippen molar-refractivity contribution < 1.29 is 5.11 Å². The van der Waals surface area contributed by atoms with Gasteiger partial charge in [-0.15, -0.1) is 0 Å². The molecule has 1 fully saturated rings. The topological polar surface area (TPSA) is 57.2 Å². The molecule has 106 valence electrons. The van der Waals surface area contributed by atoms with Gasteiger partial charge in [-0.1, -0.05) is 11.6 Å². The van der Waals surface area contributed by atoms with Gasteiger partial charge < -0.3 is 15.7 Å². The van der Waals surface area contributed by atoms with Crippen LogP contribution in [0.2, 0.25) is 5.02 Å². The molecule has 1 saturated heterocycles. The number of anilines is 1. The Morgan fingerprint density at radius 3 is 3.10 bits per heavy atom. The van der Waals surface area contributed by atoms with Crippen LogP contribution < -0.4 is 10.6 Å². The number of aliphatic hydroxyl groups is 1. The molecule has 2 atom stereocenters. The fourth-order valence-electron chi connectivity index (χ4n) is 2.72. The first-order valence-electron chi connectivity index (χ1n) is 6.85. The van der Waals surface area contributed by atoms with Gasteiger partial charge >= 0.3 is 0 Å². The highest BCUT2D eigenvalue weighted by atomic mass is 35.5. The summed E-state index contributed by atoms with van der Waals surface area (Å²) in [7, 11) is 0. The van der Waals surface area contributed by atoms with Crippen LogP contribution in [0.3, 0.4) is 0 Å². The highest BCUT2D eigenvalue weighted by molar-refractivity contribution is 6.31. The van der Waals surface area contributed by atoms with Gasteiger partial charge in [0.15, 0.2) is 0 Å². The molecule has 0 radical (unpaired) electrons. The summed E-state index contributed by atoms with van der Waals surface area (Å²) in [6, 6.07) is 5.83. The number of nitrogens with zero attached hydrogens (tertiary/aromatic N) is 1. The lowest BCUT2D eigenvalue weighted by molar-refractivity contribution is 0.128. The molecule has 0 unspecified atom stereocenters. The van der Waals surface area contributed by atoms with E-state index in [2.05, 4.69) is 15.6 Å². The Labute approximate surface area is 123 Å². The second kappa shape index (κ2) is 5.56. The van der Waals surface area contributed by atoms with Gasteiger partial charge in [-0.25, -0.2) is 0 Å². The summed E-state index contributed by atoms with van der Waals surface area (Å²) in [6.45, 7) is 3.54. The minimum Gasteiger partial charge on any atom is -0.390 e. The fraction of sp³-hybridized carbons (Fsp3) is 0.400. The third-order valence-electron chi connectivity index (χ3n) is 3.79. The Kier molecular flexibility index (Phi) is 3.78. The molecule has 20 heavy (non-hydrogen) atoms. The summed E-state index contributed by atoms with van der Waals surface area (Å²) in [6.07, 6.45) is 2.30. The number of benzene rings is 1. The van der Waals surface area contributed by atoms with Gasteiger partial charge in [0.25, 0.3) is 0 Å². The zero-order chi connectivity index (χ0) is 14.1. The third-order valence-corrected chi connectivity index (χ3v) is 4.01. The smallest absolute Gasteiger partial charge is 0.0865 e. The number of aryl methyl sites for hydroxylation is 1. The van der Waals surface area contributed by atoms with E-state index in [0.29, 0.717) is 11.6 Å². The summed E-state index contributed by atoms with van der Waals surface area (Å²) in [5, 5.41) is 18.4. The minimum absolute atomic E-state index is 0.0566. The molecule has 1 aliphatic heterocycles. The predicted molar refractivity (Wildman–Crippen MR) is 82.4 cm³/mol. The van der Waals surface area contributed by atoms with Crippen LogP contribution in [0.1, 0.15) is 12.0 Å². The number of fused-ring (bicyclic) bond motifs is 1. The maximum absolute atomic E-state index is 10.0. The molecule has 2 aromatic rings. The van der Waals surface area contributed by atoms with E-state index in [0.717, 1.165) is 35.1 Å². The quantitative estimate of drug-likeness (QED) is 0.795. The molecule has 1 aromatic carbocycles. The lowest BCUT2D eigenvalue weighted by atomic mass is 10.0. The molecule has 1 aliphatic rings. The molecule has 0 spiro atoms. The zero-order valence-electron chi connectivity index (χ0n) is 11.4. The Bertz CT molecular complexity index is 632. The van der Waals surface area contributed by atoms with Gasteiger partial charge in [0.2, 0.25) is 0 Å². The van der Waals surface area contributed by atoms with E-state index >= 15 is 0 Å². The van der Waals surface area contributed by atoms with Gasteiger partial charge in [0.05, 0.1) is 17.7 Å². The van der Waals surface area contributed by atoms with E-state index in [9.17, 15) is 5.11 Å². The second-order valence-corrected chi connectivity index (χ2v) is 5.72. The van der Waals surface area contributed by atoms with E-state index in [4.69, 9.17) is 11.6 Å². The molecule has 0 amide bonds. The van der Waals surface area contributed by atoms with Crippen molar-refractivity contribution in [3.63, 3.8) is 0 Å². The molecule has 2 heterocycles. The van der Waals surface area contributed by atoms with Crippen LogP contribution in [0.25, 0.3) is 10.9 Å². The van der Waals surface area contributed by atoms with Gasteiger partial charge in [-0.2, -0.15) is 0 Å². The first-order valence-corrected chi connectivity index (χ1v) is 7.23. The lowest BCUT2D eigenvalue weighted by Crippen LogP contribution is -2.47. The number of aliphatic hydroxyl groups excluding tert-OH is 1. The number of β-amino-alcohol motifs (C(OH)–C–C–N with tert-alkyl or cyclic N) is 1. The monoisotopic (exact) mass is 291 g/mol. The van der Waals surface area contributed by atoms with Crippen molar-refractivity contribution in [2.75, 3.05) is 18.4 Å². The maximum Gasteiger partial charge on any atom is 0.0865 e. The minimum atomic E-state index is -0.382. The zero-order valence-corrected chi connectivity index (χ0v) is 12.1. The average molecular weight is 292 g/mol. The normalized spacial score (nSPS) is 22.9. The molecule has 3 rings (SSSR count). The molecule has 0 aliphatic carbocycles. The molecule has 0 saturated carbocycles. The Morgan fingerprint density at radius 1 is 1.45 bits per heavy atom. The van der Waals surface area contributed by atoms with Gasteiger partial charge in [0.1, 0.15) is 0 Å². The summed E-state index contributed by atoms with van der Waals surface area (Å²) < 4.78 is 0. The average Bonchev–Trinajstić information content (AvgIpc) is 2.42. The number of aromatic nitrogens is 1. The molecule has 3 N–H and O–H groups in total. The van der Waals surface area contributed by atoms with Crippen molar-refractivity contribution in [2.45, 2.75) is 25.5 Å². The molecular formula is C15H18ClN3O. The van der Waals surface area contributed by atoms with E-state index in [1.165, 1.54) is 0 Å². The van der Waals surface area contributed by atoms with Gasteiger partial charge in [-0.3, -0.25) is 4.98 Å². The molecule has 4 nitrogen and oxygen atoms in total. The van der Waals surface area contributed by atoms with Crippen LogP contribution in [-0.4, -0.2) is 35.3 Å². The first kappa shape index (κ1) is 13.6. The van der Waals surface area contributed by atoms with Gasteiger partial charge in [0, 0.05) is 28.8 Å².